The molecule has 0 spiro atoms. The number of nitrogens with zero attached hydrogens (tertiary/aromatic N) is 2. The quantitative estimate of drug-likeness (QED) is 0.511. The Morgan fingerprint density at radius 2 is 1.85 bits per heavy atom. The summed E-state index contributed by atoms with van der Waals surface area (Å²) < 4.78 is 12.2. The van der Waals surface area contributed by atoms with Gasteiger partial charge in [-0.2, -0.15) is 0 Å². The molecule has 158 valence electrons. The van der Waals surface area contributed by atoms with Crippen molar-refractivity contribution in [2.45, 2.75) is 89.5 Å². The van der Waals surface area contributed by atoms with Gasteiger partial charge in [-0.15, -0.1) is 0 Å². The molecule has 0 aromatic heterocycles. The van der Waals surface area contributed by atoms with E-state index >= 15 is 0 Å². The van der Waals surface area contributed by atoms with Crippen molar-refractivity contribution < 1.29 is 4.21 Å². The standard InChI is InChI=1S/C21H42N4OS/c1-5-27(26)19-12-10-11-18(15-19)24-21(22-4)23-16-20(17(2)3)25-13-8-6-7-9-14-25/h17-20H,5-16H2,1-4H3,(H2,22,23,24). The Morgan fingerprint density at radius 3 is 2.44 bits per heavy atom. The van der Waals surface area contributed by atoms with Crippen LogP contribution in [0.25, 0.3) is 0 Å². The zero-order valence-corrected chi connectivity index (χ0v) is 18.8. The highest BCUT2D eigenvalue weighted by Crippen LogP contribution is 2.23. The monoisotopic (exact) mass is 398 g/mol. The molecule has 0 amide bonds. The molecule has 27 heavy (non-hydrogen) atoms. The van der Waals surface area contributed by atoms with E-state index in [1.165, 1.54) is 38.8 Å². The maximum Gasteiger partial charge on any atom is 0.191 e. The van der Waals surface area contributed by atoms with Crippen molar-refractivity contribution in [3.63, 3.8) is 0 Å². The van der Waals surface area contributed by atoms with Gasteiger partial charge in [-0.3, -0.25) is 14.1 Å². The lowest BCUT2D eigenvalue weighted by Gasteiger charge is -2.35. The van der Waals surface area contributed by atoms with E-state index in [2.05, 4.69) is 34.4 Å². The van der Waals surface area contributed by atoms with Gasteiger partial charge in [0.2, 0.25) is 0 Å². The Kier molecular flexibility index (Phi) is 10.1. The molecule has 0 bridgehead atoms. The van der Waals surface area contributed by atoms with E-state index in [-0.39, 0.29) is 0 Å². The highest BCUT2D eigenvalue weighted by molar-refractivity contribution is 7.85. The normalized spacial score (nSPS) is 27.8. The van der Waals surface area contributed by atoms with Crippen molar-refractivity contribution >= 4 is 16.8 Å². The first-order valence-corrected chi connectivity index (χ1v) is 12.5. The topological polar surface area (TPSA) is 56.7 Å². The Labute approximate surface area is 169 Å². The largest absolute Gasteiger partial charge is 0.355 e. The van der Waals surface area contributed by atoms with Gasteiger partial charge in [-0.25, -0.2) is 0 Å². The molecule has 6 heteroatoms. The Bertz CT molecular complexity index is 475. The molecule has 4 unspecified atom stereocenters. The molecule has 2 N–H and O–H groups in total. The molecule has 2 aliphatic rings. The van der Waals surface area contributed by atoms with E-state index in [9.17, 15) is 4.21 Å². The van der Waals surface area contributed by atoms with Crippen LogP contribution in [0.5, 0.6) is 0 Å². The molecule has 2 rings (SSSR count). The van der Waals surface area contributed by atoms with Crippen LogP contribution in [-0.4, -0.2) is 64.8 Å². The molecule has 1 heterocycles. The molecule has 0 aromatic rings. The first-order chi connectivity index (χ1) is 13.0. The van der Waals surface area contributed by atoms with Crippen LogP contribution in [0.2, 0.25) is 0 Å². The average Bonchev–Trinajstić information content (AvgIpc) is 2.96. The molecule has 4 atom stereocenters. The van der Waals surface area contributed by atoms with Gasteiger partial charge in [0.1, 0.15) is 0 Å². The highest BCUT2D eigenvalue weighted by Gasteiger charge is 2.27. The van der Waals surface area contributed by atoms with E-state index in [1.807, 2.05) is 14.0 Å². The van der Waals surface area contributed by atoms with Crippen LogP contribution >= 0.6 is 0 Å². The fraction of sp³-hybridized carbons (Fsp3) is 0.952. The highest BCUT2D eigenvalue weighted by atomic mass is 32.2. The number of guanidine groups is 1. The summed E-state index contributed by atoms with van der Waals surface area (Å²) in [4.78, 5) is 7.15. The SMILES string of the molecule is CCS(=O)C1CCCC(NC(=NC)NCC(C(C)C)N2CCCCCC2)C1. The van der Waals surface area contributed by atoms with Gasteiger partial charge in [-0.05, 0) is 51.1 Å². The molecular formula is C21H42N4OS. The molecule has 1 saturated carbocycles. The fourth-order valence-electron chi connectivity index (χ4n) is 4.55. The van der Waals surface area contributed by atoms with Gasteiger partial charge in [0, 0.05) is 47.5 Å². The van der Waals surface area contributed by atoms with Gasteiger partial charge < -0.3 is 10.6 Å². The second kappa shape index (κ2) is 12.1. The molecule has 0 radical (unpaired) electrons. The second-order valence-electron chi connectivity index (χ2n) is 8.51. The summed E-state index contributed by atoms with van der Waals surface area (Å²) >= 11 is 0. The lowest BCUT2D eigenvalue weighted by molar-refractivity contribution is 0.161. The van der Waals surface area contributed by atoms with Gasteiger partial charge >= 0.3 is 0 Å². The first-order valence-electron chi connectivity index (χ1n) is 11.1. The summed E-state index contributed by atoms with van der Waals surface area (Å²) in [6, 6.07) is 0.939. The summed E-state index contributed by atoms with van der Waals surface area (Å²) in [5, 5.41) is 7.55. The van der Waals surface area contributed by atoms with E-state index in [0.29, 0.717) is 23.3 Å². The van der Waals surface area contributed by atoms with Gasteiger partial charge in [0.25, 0.3) is 0 Å². The Morgan fingerprint density at radius 1 is 1.15 bits per heavy atom. The second-order valence-corrected chi connectivity index (χ2v) is 10.5. The first kappa shape index (κ1) is 22.7. The summed E-state index contributed by atoms with van der Waals surface area (Å²) in [6.45, 7) is 10.1. The van der Waals surface area contributed by atoms with Crippen LogP contribution < -0.4 is 10.6 Å². The van der Waals surface area contributed by atoms with Gasteiger partial charge in [-0.1, -0.05) is 40.0 Å². The number of rotatable bonds is 7. The zero-order valence-electron chi connectivity index (χ0n) is 18.0. The summed E-state index contributed by atoms with van der Waals surface area (Å²) in [6.07, 6.45) is 9.82. The molecule has 1 saturated heterocycles. The van der Waals surface area contributed by atoms with Gasteiger partial charge in [0.15, 0.2) is 5.96 Å². The molecular weight excluding hydrogens is 356 g/mol. The van der Waals surface area contributed by atoms with Crippen molar-refractivity contribution in [1.29, 1.82) is 0 Å². The van der Waals surface area contributed by atoms with Crippen molar-refractivity contribution in [2.75, 3.05) is 32.4 Å². The van der Waals surface area contributed by atoms with Crippen LogP contribution in [-0.2, 0) is 10.8 Å². The van der Waals surface area contributed by atoms with Crippen LogP contribution in [0.4, 0.5) is 0 Å². The van der Waals surface area contributed by atoms with E-state index in [1.54, 1.807) is 0 Å². The average molecular weight is 399 g/mol. The van der Waals surface area contributed by atoms with E-state index in [4.69, 9.17) is 0 Å². The van der Waals surface area contributed by atoms with Crippen molar-refractivity contribution in [3.05, 3.63) is 0 Å². The third-order valence-corrected chi connectivity index (χ3v) is 7.95. The molecule has 1 aliphatic heterocycles. The lowest BCUT2D eigenvalue weighted by Crippen LogP contribution is -2.52. The minimum atomic E-state index is -0.680. The molecule has 0 aromatic carbocycles. The fourth-order valence-corrected chi connectivity index (χ4v) is 5.90. The summed E-state index contributed by atoms with van der Waals surface area (Å²) in [5.74, 6) is 2.30. The molecule has 2 fully saturated rings. The third-order valence-electron chi connectivity index (χ3n) is 6.20. The Hall–Kier alpha value is -0.620. The Balaban J connectivity index is 1.86. The van der Waals surface area contributed by atoms with Crippen LogP contribution in [0.15, 0.2) is 4.99 Å². The molecule has 1 aliphatic carbocycles. The summed E-state index contributed by atoms with van der Waals surface area (Å²) in [5.41, 5.74) is 0. The van der Waals surface area contributed by atoms with Crippen molar-refractivity contribution in [2.24, 2.45) is 10.9 Å². The smallest absolute Gasteiger partial charge is 0.191 e. The maximum absolute atomic E-state index is 12.2. The minimum Gasteiger partial charge on any atom is -0.355 e. The predicted molar refractivity (Wildman–Crippen MR) is 118 cm³/mol. The number of likely N-dealkylation sites (tertiary alicyclic amines) is 1. The van der Waals surface area contributed by atoms with Crippen molar-refractivity contribution in [1.82, 2.24) is 15.5 Å². The van der Waals surface area contributed by atoms with Crippen LogP contribution in [0, 0.1) is 5.92 Å². The maximum atomic E-state index is 12.2. The predicted octanol–water partition coefficient (Wildman–Crippen LogP) is 3.13. The third kappa shape index (κ3) is 7.37. The van der Waals surface area contributed by atoms with Gasteiger partial charge in [0.05, 0.1) is 0 Å². The number of aliphatic imine (C=N–C) groups is 1. The lowest BCUT2D eigenvalue weighted by atomic mass is 9.95. The van der Waals surface area contributed by atoms with E-state index < -0.39 is 10.8 Å². The summed E-state index contributed by atoms with van der Waals surface area (Å²) in [7, 11) is 1.18. The minimum absolute atomic E-state index is 0.347. The van der Waals surface area contributed by atoms with Crippen LogP contribution in [0.1, 0.15) is 72.1 Å². The molecule has 5 nitrogen and oxygen atoms in total. The van der Waals surface area contributed by atoms with Crippen molar-refractivity contribution in [3.8, 4) is 0 Å². The zero-order chi connectivity index (χ0) is 19.6. The number of nitrogens with one attached hydrogen (secondary N) is 2. The van der Waals surface area contributed by atoms with E-state index in [0.717, 1.165) is 43.9 Å². The van der Waals surface area contributed by atoms with Crippen LogP contribution in [0.3, 0.4) is 0 Å². The number of hydrogen-bond donors (Lipinski definition) is 2. The number of hydrogen-bond acceptors (Lipinski definition) is 3.